The molecule has 66 valence electrons. The Morgan fingerprint density at radius 2 is 2.27 bits per heavy atom. The monoisotopic (exact) mass is 156 g/mol. The van der Waals surface area contributed by atoms with Crippen LogP contribution in [0.1, 0.15) is 26.7 Å². The van der Waals surface area contributed by atoms with Crippen LogP contribution in [0.5, 0.6) is 0 Å². The molecule has 1 fully saturated rings. The molecule has 0 aliphatic carbocycles. The van der Waals surface area contributed by atoms with Crippen molar-refractivity contribution < 1.29 is 0 Å². The summed E-state index contributed by atoms with van der Waals surface area (Å²) in [6.07, 6.45) is 2.44. The van der Waals surface area contributed by atoms with Crippen molar-refractivity contribution >= 4 is 0 Å². The molecule has 1 saturated heterocycles. The van der Waals surface area contributed by atoms with Crippen LogP contribution in [-0.2, 0) is 0 Å². The summed E-state index contributed by atoms with van der Waals surface area (Å²) >= 11 is 0. The highest BCUT2D eigenvalue weighted by Crippen LogP contribution is 2.19. The van der Waals surface area contributed by atoms with Crippen molar-refractivity contribution in [2.24, 2.45) is 11.7 Å². The summed E-state index contributed by atoms with van der Waals surface area (Å²) in [5.74, 6) is 0.764. The van der Waals surface area contributed by atoms with E-state index in [1.54, 1.807) is 0 Å². The molecular weight excluding hydrogens is 136 g/mol. The van der Waals surface area contributed by atoms with E-state index >= 15 is 0 Å². The first-order valence-electron chi connectivity index (χ1n) is 4.75. The second kappa shape index (κ2) is 4.07. The van der Waals surface area contributed by atoms with Gasteiger partial charge in [0.15, 0.2) is 0 Å². The van der Waals surface area contributed by atoms with E-state index in [-0.39, 0.29) is 0 Å². The predicted octanol–water partition coefficient (Wildman–Crippen LogP) is 1.07. The van der Waals surface area contributed by atoms with Gasteiger partial charge >= 0.3 is 0 Å². The van der Waals surface area contributed by atoms with Crippen molar-refractivity contribution in [1.29, 1.82) is 0 Å². The number of nitrogens with zero attached hydrogens (tertiary/aromatic N) is 1. The highest BCUT2D eigenvalue weighted by atomic mass is 15.1. The minimum Gasteiger partial charge on any atom is -0.327 e. The molecule has 1 heterocycles. The smallest absolute Gasteiger partial charge is 0.00772 e. The van der Waals surface area contributed by atoms with E-state index < -0.39 is 0 Å². The van der Waals surface area contributed by atoms with Gasteiger partial charge in [0.05, 0.1) is 0 Å². The summed E-state index contributed by atoms with van der Waals surface area (Å²) in [4.78, 5) is 2.49. The molecule has 11 heavy (non-hydrogen) atoms. The van der Waals surface area contributed by atoms with Crippen molar-refractivity contribution in [3.63, 3.8) is 0 Å². The molecule has 2 atom stereocenters. The van der Waals surface area contributed by atoms with Crippen LogP contribution in [0.25, 0.3) is 0 Å². The maximum atomic E-state index is 5.97. The maximum absolute atomic E-state index is 5.97. The van der Waals surface area contributed by atoms with Crippen LogP contribution in [0.4, 0.5) is 0 Å². The topological polar surface area (TPSA) is 29.3 Å². The molecule has 0 radical (unpaired) electrons. The molecule has 0 spiro atoms. The zero-order valence-corrected chi connectivity index (χ0v) is 7.71. The molecule has 0 amide bonds. The normalized spacial score (nSPS) is 29.2. The van der Waals surface area contributed by atoms with E-state index in [1.807, 2.05) is 0 Å². The molecule has 1 aliphatic heterocycles. The summed E-state index contributed by atoms with van der Waals surface area (Å²) in [7, 11) is 0. The van der Waals surface area contributed by atoms with E-state index in [9.17, 15) is 0 Å². The van der Waals surface area contributed by atoms with Gasteiger partial charge in [-0.2, -0.15) is 0 Å². The Morgan fingerprint density at radius 1 is 1.55 bits per heavy atom. The third-order valence-electron chi connectivity index (χ3n) is 2.83. The standard InChI is InChI=1S/C9H20N2/c1-3-9(10)8-5-6-11(4-2)7-8/h8-9H,3-7,10H2,1-2H3. The minimum atomic E-state index is 0.437. The highest BCUT2D eigenvalue weighted by Gasteiger charge is 2.24. The molecule has 2 nitrogen and oxygen atoms in total. The molecule has 0 aromatic carbocycles. The molecular formula is C9H20N2. The van der Waals surface area contributed by atoms with Crippen LogP contribution in [0.2, 0.25) is 0 Å². The number of likely N-dealkylation sites (tertiary alicyclic amines) is 1. The SMILES string of the molecule is CCC(N)C1CCN(CC)C1. The van der Waals surface area contributed by atoms with Crippen LogP contribution >= 0.6 is 0 Å². The number of nitrogens with two attached hydrogens (primary N) is 1. The lowest BCUT2D eigenvalue weighted by Crippen LogP contribution is -2.31. The van der Waals surface area contributed by atoms with Crippen LogP contribution in [0.15, 0.2) is 0 Å². The predicted molar refractivity (Wildman–Crippen MR) is 48.5 cm³/mol. The second-order valence-corrected chi connectivity index (χ2v) is 3.51. The summed E-state index contributed by atoms with van der Waals surface area (Å²) in [6.45, 7) is 8.08. The maximum Gasteiger partial charge on any atom is 0.00772 e. The van der Waals surface area contributed by atoms with Crippen LogP contribution in [-0.4, -0.2) is 30.6 Å². The third kappa shape index (κ3) is 2.17. The molecule has 2 N–H and O–H groups in total. The van der Waals surface area contributed by atoms with Crippen LogP contribution in [0.3, 0.4) is 0 Å². The average molecular weight is 156 g/mol. The van der Waals surface area contributed by atoms with E-state index in [4.69, 9.17) is 5.73 Å². The van der Waals surface area contributed by atoms with Crippen LogP contribution < -0.4 is 5.73 Å². The van der Waals surface area contributed by atoms with Gasteiger partial charge in [0, 0.05) is 12.6 Å². The van der Waals surface area contributed by atoms with Crippen molar-refractivity contribution in [2.45, 2.75) is 32.7 Å². The average Bonchev–Trinajstić information content (AvgIpc) is 2.50. The molecule has 0 saturated carbocycles. The van der Waals surface area contributed by atoms with E-state index in [2.05, 4.69) is 18.7 Å². The Kier molecular flexibility index (Phi) is 3.34. The van der Waals surface area contributed by atoms with Gasteiger partial charge in [-0.3, -0.25) is 0 Å². The van der Waals surface area contributed by atoms with E-state index in [1.165, 1.54) is 26.1 Å². The second-order valence-electron chi connectivity index (χ2n) is 3.51. The quantitative estimate of drug-likeness (QED) is 0.662. The first kappa shape index (κ1) is 9.01. The van der Waals surface area contributed by atoms with Crippen molar-refractivity contribution in [3.8, 4) is 0 Å². The van der Waals surface area contributed by atoms with Gasteiger partial charge in [0.1, 0.15) is 0 Å². The molecule has 2 unspecified atom stereocenters. The fraction of sp³-hybridized carbons (Fsp3) is 1.00. The van der Waals surface area contributed by atoms with Gasteiger partial charge in [-0.15, -0.1) is 0 Å². The van der Waals surface area contributed by atoms with Gasteiger partial charge < -0.3 is 10.6 Å². The Bertz CT molecular complexity index is 114. The summed E-state index contributed by atoms with van der Waals surface area (Å²) in [6, 6.07) is 0.437. The van der Waals surface area contributed by atoms with E-state index in [0.29, 0.717) is 6.04 Å². The number of hydrogen-bond donors (Lipinski definition) is 1. The van der Waals surface area contributed by atoms with Gasteiger partial charge in [-0.05, 0) is 31.8 Å². The summed E-state index contributed by atoms with van der Waals surface area (Å²) in [5, 5.41) is 0. The van der Waals surface area contributed by atoms with Gasteiger partial charge in [0.2, 0.25) is 0 Å². The molecule has 1 aliphatic rings. The number of rotatable bonds is 3. The fourth-order valence-corrected chi connectivity index (χ4v) is 1.83. The first-order valence-corrected chi connectivity index (χ1v) is 4.75. The third-order valence-corrected chi connectivity index (χ3v) is 2.83. The molecule has 0 aromatic heterocycles. The highest BCUT2D eigenvalue weighted by molar-refractivity contribution is 4.81. The van der Waals surface area contributed by atoms with E-state index in [0.717, 1.165) is 12.3 Å². The Balaban J connectivity index is 2.29. The Hall–Kier alpha value is -0.0800. The Morgan fingerprint density at radius 3 is 2.73 bits per heavy atom. The largest absolute Gasteiger partial charge is 0.327 e. The van der Waals surface area contributed by atoms with Gasteiger partial charge in [-0.25, -0.2) is 0 Å². The van der Waals surface area contributed by atoms with Crippen molar-refractivity contribution in [3.05, 3.63) is 0 Å². The molecule has 0 aromatic rings. The minimum absolute atomic E-state index is 0.437. The molecule has 1 rings (SSSR count). The lowest BCUT2D eigenvalue weighted by Gasteiger charge is -2.17. The van der Waals surface area contributed by atoms with Gasteiger partial charge in [0.25, 0.3) is 0 Å². The Labute approximate surface area is 69.8 Å². The number of hydrogen-bond acceptors (Lipinski definition) is 2. The van der Waals surface area contributed by atoms with Gasteiger partial charge in [-0.1, -0.05) is 13.8 Å². The zero-order chi connectivity index (χ0) is 8.27. The fourth-order valence-electron chi connectivity index (χ4n) is 1.83. The van der Waals surface area contributed by atoms with Crippen molar-refractivity contribution in [1.82, 2.24) is 4.90 Å². The lowest BCUT2D eigenvalue weighted by atomic mass is 9.98. The summed E-state index contributed by atoms with van der Waals surface area (Å²) < 4.78 is 0. The van der Waals surface area contributed by atoms with Crippen LogP contribution in [0, 0.1) is 5.92 Å². The lowest BCUT2D eigenvalue weighted by molar-refractivity contribution is 0.326. The van der Waals surface area contributed by atoms with Crippen molar-refractivity contribution in [2.75, 3.05) is 19.6 Å². The summed E-state index contributed by atoms with van der Waals surface area (Å²) in [5.41, 5.74) is 5.97. The molecule has 0 bridgehead atoms. The first-order chi connectivity index (χ1) is 5.27. The molecule has 2 heteroatoms. The zero-order valence-electron chi connectivity index (χ0n) is 7.71.